The van der Waals surface area contributed by atoms with Gasteiger partial charge in [0.25, 0.3) is 0 Å². The maximum Gasteiger partial charge on any atom is 0.308 e. The van der Waals surface area contributed by atoms with Crippen molar-refractivity contribution >= 4 is 5.97 Å². The van der Waals surface area contributed by atoms with E-state index in [4.69, 9.17) is 4.74 Å². The van der Waals surface area contributed by atoms with Crippen molar-refractivity contribution in [2.24, 2.45) is 5.92 Å². The third-order valence-electron chi connectivity index (χ3n) is 3.03. The second-order valence-corrected chi connectivity index (χ2v) is 4.61. The minimum atomic E-state index is -0.116. The van der Waals surface area contributed by atoms with E-state index in [1.165, 1.54) is 7.11 Å². The summed E-state index contributed by atoms with van der Waals surface area (Å²) in [5.41, 5.74) is 0.0527. The zero-order valence-corrected chi connectivity index (χ0v) is 11.0. The Labute approximate surface area is 93.8 Å². The molecule has 0 heterocycles. The Morgan fingerprint density at radius 1 is 1.33 bits per heavy atom. The van der Waals surface area contributed by atoms with Gasteiger partial charge in [-0.1, -0.05) is 20.8 Å². The van der Waals surface area contributed by atoms with Crippen molar-refractivity contribution in [2.75, 3.05) is 20.2 Å². The van der Waals surface area contributed by atoms with Crippen LogP contribution in [0.15, 0.2) is 0 Å². The van der Waals surface area contributed by atoms with E-state index < -0.39 is 0 Å². The minimum absolute atomic E-state index is 0.0365. The van der Waals surface area contributed by atoms with Crippen molar-refractivity contribution in [3.05, 3.63) is 0 Å². The lowest BCUT2D eigenvalue weighted by Crippen LogP contribution is -2.45. The molecule has 0 aliphatic heterocycles. The molecule has 0 aromatic rings. The fraction of sp³-hybridized carbons (Fsp3) is 0.917. The Morgan fingerprint density at radius 3 is 2.13 bits per heavy atom. The van der Waals surface area contributed by atoms with Crippen LogP contribution in [0.5, 0.6) is 0 Å². The number of hydrogen-bond donors (Lipinski definition) is 0. The van der Waals surface area contributed by atoms with Crippen molar-refractivity contribution in [1.29, 1.82) is 0 Å². The lowest BCUT2D eigenvalue weighted by Gasteiger charge is -2.38. The number of carbonyl (C=O) groups is 1. The fourth-order valence-corrected chi connectivity index (χ4v) is 2.24. The first-order valence-electron chi connectivity index (χ1n) is 5.71. The van der Waals surface area contributed by atoms with Gasteiger partial charge in [0.15, 0.2) is 0 Å². The monoisotopic (exact) mass is 215 g/mol. The van der Waals surface area contributed by atoms with Crippen LogP contribution in [0.25, 0.3) is 0 Å². The van der Waals surface area contributed by atoms with Gasteiger partial charge in [-0.2, -0.15) is 0 Å². The Balaban J connectivity index is 4.41. The minimum Gasteiger partial charge on any atom is -0.469 e. The average molecular weight is 215 g/mol. The smallest absolute Gasteiger partial charge is 0.308 e. The molecule has 0 fully saturated rings. The van der Waals surface area contributed by atoms with Gasteiger partial charge in [-0.25, -0.2) is 0 Å². The molecule has 0 rings (SSSR count). The predicted molar refractivity (Wildman–Crippen MR) is 62.8 cm³/mol. The molecule has 0 amide bonds. The summed E-state index contributed by atoms with van der Waals surface area (Å²) in [6, 6.07) is 0. The van der Waals surface area contributed by atoms with Gasteiger partial charge >= 0.3 is 5.97 Å². The molecular formula is C12H25NO2. The summed E-state index contributed by atoms with van der Waals surface area (Å²) in [5.74, 6) is -0.152. The van der Waals surface area contributed by atoms with Crippen LogP contribution in [0.2, 0.25) is 0 Å². The van der Waals surface area contributed by atoms with Crippen LogP contribution < -0.4 is 0 Å². The molecule has 0 saturated heterocycles. The van der Waals surface area contributed by atoms with Gasteiger partial charge in [-0.05, 0) is 33.4 Å². The molecule has 0 aliphatic carbocycles. The third kappa shape index (κ3) is 4.20. The van der Waals surface area contributed by atoms with Crippen LogP contribution in [0, 0.1) is 5.92 Å². The van der Waals surface area contributed by atoms with Crippen molar-refractivity contribution in [2.45, 2.75) is 46.6 Å². The van der Waals surface area contributed by atoms with Gasteiger partial charge in [0, 0.05) is 5.54 Å². The highest BCUT2D eigenvalue weighted by atomic mass is 16.5. The molecule has 0 bridgehead atoms. The van der Waals surface area contributed by atoms with Crippen LogP contribution in [0.4, 0.5) is 0 Å². The van der Waals surface area contributed by atoms with Gasteiger partial charge in [0.05, 0.1) is 13.0 Å². The van der Waals surface area contributed by atoms with Gasteiger partial charge in [0.2, 0.25) is 0 Å². The molecule has 0 aromatic carbocycles. The second-order valence-electron chi connectivity index (χ2n) is 4.61. The molecule has 15 heavy (non-hydrogen) atoms. The number of rotatable bonds is 6. The predicted octanol–water partition coefficient (Wildman–Crippen LogP) is 2.31. The first-order valence-corrected chi connectivity index (χ1v) is 5.71. The molecule has 0 aromatic heterocycles. The summed E-state index contributed by atoms with van der Waals surface area (Å²) in [6.07, 6.45) is 0.835. The fourth-order valence-electron chi connectivity index (χ4n) is 2.24. The van der Waals surface area contributed by atoms with E-state index in [2.05, 4.69) is 32.6 Å². The molecule has 3 nitrogen and oxygen atoms in total. The maximum absolute atomic E-state index is 11.3. The van der Waals surface area contributed by atoms with Gasteiger partial charge < -0.3 is 4.74 Å². The summed E-state index contributed by atoms with van der Waals surface area (Å²) in [6.45, 7) is 12.6. The largest absolute Gasteiger partial charge is 0.469 e. The number of esters is 1. The van der Waals surface area contributed by atoms with Crippen LogP contribution >= 0.6 is 0 Å². The van der Waals surface area contributed by atoms with Gasteiger partial charge in [-0.3, -0.25) is 9.69 Å². The van der Waals surface area contributed by atoms with E-state index in [0.717, 1.165) is 19.5 Å². The standard InChI is InChI=1S/C12H25NO2/c1-7-13(8-2)12(4,5)9-10(3)11(14)15-6/h10H,7-9H2,1-6H3. The zero-order chi connectivity index (χ0) is 12.1. The summed E-state index contributed by atoms with van der Waals surface area (Å²) in [5, 5.41) is 0. The van der Waals surface area contributed by atoms with E-state index in [-0.39, 0.29) is 17.4 Å². The van der Waals surface area contributed by atoms with Crippen LogP contribution in [-0.2, 0) is 9.53 Å². The highest BCUT2D eigenvalue weighted by Crippen LogP contribution is 2.23. The number of ether oxygens (including phenoxy) is 1. The number of nitrogens with zero attached hydrogens (tertiary/aromatic N) is 1. The van der Waals surface area contributed by atoms with E-state index in [1.807, 2.05) is 6.92 Å². The molecule has 90 valence electrons. The van der Waals surface area contributed by atoms with E-state index >= 15 is 0 Å². The van der Waals surface area contributed by atoms with E-state index in [0.29, 0.717) is 0 Å². The van der Waals surface area contributed by atoms with Crippen molar-refractivity contribution in [1.82, 2.24) is 4.90 Å². The molecule has 0 radical (unpaired) electrons. The van der Waals surface area contributed by atoms with Crippen LogP contribution in [-0.4, -0.2) is 36.6 Å². The highest BCUT2D eigenvalue weighted by Gasteiger charge is 2.29. The van der Waals surface area contributed by atoms with Crippen molar-refractivity contribution in [3.63, 3.8) is 0 Å². The number of carbonyl (C=O) groups excluding carboxylic acids is 1. The quantitative estimate of drug-likeness (QED) is 0.637. The Hall–Kier alpha value is -0.570. The second kappa shape index (κ2) is 6.11. The zero-order valence-electron chi connectivity index (χ0n) is 11.0. The average Bonchev–Trinajstić information content (AvgIpc) is 2.17. The molecule has 3 heteroatoms. The summed E-state index contributed by atoms with van der Waals surface area (Å²) < 4.78 is 4.75. The van der Waals surface area contributed by atoms with Crippen LogP contribution in [0.1, 0.15) is 41.0 Å². The SMILES string of the molecule is CCN(CC)C(C)(C)CC(C)C(=O)OC. The third-order valence-corrected chi connectivity index (χ3v) is 3.03. The molecule has 0 spiro atoms. The summed E-state index contributed by atoms with van der Waals surface area (Å²) in [7, 11) is 1.45. The van der Waals surface area contributed by atoms with E-state index in [1.54, 1.807) is 0 Å². The Bertz CT molecular complexity index is 198. The van der Waals surface area contributed by atoms with Gasteiger partial charge in [-0.15, -0.1) is 0 Å². The topological polar surface area (TPSA) is 29.5 Å². The van der Waals surface area contributed by atoms with Crippen molar-refractivity contribution < 1.29 is 9.53 Å². The highest BCUT2D eigenvalue weighted by molar-refractivity contribution is 5.71. The summed E-state index contributed by atoms with van der Waals surface area (Å²) >= 11 is 0. The lowest BCUT2D eigenvalue weighted by atomic mass is 9.90. The normalized spacial score (nSPS) is 14.1. The Morgan fingerprint density at radius 2 is 1.80 bits per heavy atom. The van der Waals surface area contributed by atoms with Gasteiger partial charge in [0.1, 0.15) is 0 Å². The molecule has 0 saturated carbocycles. The molecule has 0 aliphatic rings. The molecule has 0 N–H and O–H groups in total. The maximum atomic E-state index is 11.3. The van der Waals surface area contributed by atoms with Crippen LogP contribution in [0.3, 0.4) is 0 Å². The summed E-state index contributed by atoms with van der Waals surface area (Å²) in [4.78, 5) is 13.7. The molecule has 1 atom stereocenters. The molecule has 1 unspecified atom stereocenters. The first kappa shape index (κ1) is 14.4. The number of methoxy groups -OCH3 is 1. The van der Waals surface area contributed by atoms with Crippen molar-refractivity contribution in [3.8, 4) is 0 Å². The lowest BCUT2D eigenvalue weighted by molar-refractivity contribution is -0.146. The number of hydrogen-bond acceptors (Lipinski definition) is 3. The van der Waals surface area contributed by atoms with E-state index in [9.17, 15) is 4.79 Å². The first-order chi connectivity index (χ1) is 6.88. The Kier molecular flexibility index (Phi) is 5.88. The molecular weight excluding hydrogens is 190 g/mol.